The zero-order valence-electron chi connectivity index (χ0n) is 9.09. The molecule has 0 radical (unpaired) electrons. The molecule has 0 saturated heterocycles. The molecule has 1 N–H and O–H groups in total. The number of rotatable bonds is 2. The molecule has 2 aromatic rings. The summed E-state index contributed by atoms with van der Waals surface area (Å²) in [6.45, 7) is 3.77. The minimum Gasteiger partial charge on any atom is -0.282 e. The van der Waals surface area contributed by atoms with Gasteiger partial charge in [0.05, 0.1) is 0 Å². The van der Waals surface area contributed by atoms with E-state index in [4.69, 9.17) is 0 Å². The van der Waals surface area contributed by atoms with Crippen molar-refractivity contribution in [1.29, 1.82) is 0 Å². The van der Waals surface area contributed by atoms with Gasteiger partial charge in [0, 0.05) is 23.4 Å². The molecule has 1 aromatic carbocycles. The molecule has 1 heterocycles. The van der Waals surface area contributed by atoms with E-state index >= 15 is 0 Å². The fraction of sp³-hybridized carbons (Fsp3) is 0.250. The van der Waals surface area contributed by atoms with E-state index < -0.39 is 17.0 Å². The Kier molecular flexibility index (Phi) is 2.50. The van der Waals surface area contributed by atoms with Crippen LogP contribution in [0.2, 0.25) is 0 Å². The summed E-state index contributed by atoms with van der Waals surface area (Å²) in [5.41, 5.74) is 0.895. The third-order valence-corrected chi connectivity index (χ3v) is 2.76. The Labute approximate surface area is 92.3 Å². The van der Waals surface area contributed by atoms with Gasteiger partial charge in [-0.15, -0.1) is 0 Å². The molecule has 2 nitrogen and oxygen atoms in total. The largest absolute Gasteiger partial charge is 0.282 e. The predicted molar refractivity (Wildman–Crippen MR) is 57.1 cm³/mol. The SMILES string of the molecule is CC(C)(c1cc(F)cc(F)c1)c1ccn[nH]1. The van der Waals surface area contributed by atoms with E-state index in [1.165, 1.54) is 12.1 Å². The first-order valence-corrected chi connectivity index (χ1v) is 4.96. The van der Waals surface area contributed by atoms with E-state index in [1.807, 2.05) is 13.8 Å². The summed E-state index contributed by atoms with van der Waals surface area (Å²) in [5.74, 6) is -1.13. The number of nitrogens with zero attached hydrogens (tertiary/aromatic N) is 1. The van der Waals surface area contributed by atoms with Gasteiger partial charge in [-0.3, -0.25) is 5.10 Å². The van der Waals surface area contributed by atoms with E-state index in [1.54, 1.807) is 12.3 Å². The number of aromatic nitrogens is 2. The number of aromatic amines is 1. The first-order valence-electron chi connectivity index (χ1n) is 4.96. The molecule has 0 aliphatic rings. The first-order chi connectivity index (χ1) is 7.50. The second-order valence-electron chi connectivity index (χ2n) is 4.25. The van der Waals surface area contributed by atoms with Crippen LogP contribution in [0.3, 0.4) is 0 Å². The van der Waals surface area contributed by atoms with Gasteiger partial charge in [-0.2, -0.15) is 5.10 Å². The zero-order valence-corrected chi connectivity index (χ0v) is 9.09. The van der Waals surface area contributed by atoms with Gasteiger partial charge < -0.3 is 0 Å². The molecule has 84 valence electrons. The number of hydrogen-bond donors (Lipinski definition) is 1. The zero-order chi connectivity index (χ0) is 11.8. The Balaban J connectivity index is 2.51. The highest BCUT2D eigenvalue weighted by Gasteiger charge is 2.25. The summed E-state index contributed by atoms with van der Waals surface area (Å²) in [4.78, 5) is 0. The summed E-state index contributed by atoms with van der Waals surface area (Å²) in [5, 5.41) is 6.67. The molecule has 4 heteroatoms. The normalized spacial score (nSPS) is 11.8. The van der Waals surface area contributed by atoms with E-state index in [2.05, 4.69) is 10.2 Å². The van der Waals surface area contributed by atoms with E-state index in [0.29, 0.717) is 5.56 Å². The molecule has 0 aliphatic heterocycles. The Morgan fingerprint density at radius 1 is 1.12 bits per heavy atom. The van der Waals surface area contributed by atoms with Crippen molar-refractivity contribution in [2.24, 2.45) is 0 Å². The number of nitrogens with one attached hydrogen (secondary N) is 1. The van der Waals surface area contributed by atoms with Crippen LogP contribution in [0.5, 0.6) is 0 Å². The Morgan fingerprint density at radius 2 is 1.75 bits per heavy atom. The highest BCUT2D eigenvalue weighted by molar-refractivity contribution is 5.33. The van der Waals surface area contributed by atoms with Gasteiger partial charge in [0.25, 0.3) is 0 Å². The van der Waals surface area contributed by atoms with Crippen LogP contribution < -0.4 is 0 Å². The summed E-state index contributed by atoms with van der Waals surface area (Å²) in [6.07, 6.45) is 1.62. The van der Waals surface area contributed by atoms with Crippen LogP contribution in [0.25, 0.3) is 0 Å². The van der Waals surface area contributed by atoms with Crippen molar-refractivity contribution in [2.45, 2.75) is 19.3 Å². The van der Waals surface area contributed by atoms with Crippen molar-refractivity contribution in [1.82, 2.24) is 10.2 Å². The van der Waals surface area contributed by atoms with E-state index in [0.717, 1.165) is 11.8 Å². The molecule has 0 bridgehead atoms. The smallest absolute Gasteiger partial charge is 0.126 e. The van der Waals surface area contributed by atoms with Crippen LogP contribution in [0, 0.1) is 11.6 Å². The van der Waals surface area contributed by atoms with Gasteiger partial charge in [0.2, 0.25) is 0 Å². The minimum absolute atomic E-state index is 0.501. The van der Waals surface area contributed by atoms with Gasteiger partial charge >= 0.3 is 0 Å². The lowest BCUT2D eigenvalue weighted by atomic mass is 9.81. The topological polar surface area (TPSA) is 28.7 Å². The molecule has 0 aliphatic carbocycles. The summed E-state index contributed by atoms with van der Waals surface area (Å²) in [7, 11) is 0. The molecule has 0 amide bonds. The molecule has 1 aromatic heterocycles. The molecule has 0 saturated carbocycles. The Hall–Kier alpha value is -1.71. The van der Waals surface area contributed by atoms with Crippen LogP contribution in [0.15, 0.2) is 30.5 Å². The Bertz CT molecular complexity index is 469. The molecular weight excluding hydrogens is 210 g/mol. The van der Waals surface area contributed by atoms with Gasteiger partial charge in [0.15, 0.2) is 0 Å². The highest BCUT2D eigenvalue weighted by Crippen LogP contribution is 2.30. The maximum atomic E-state index is 13.1. The van der Waals surface area contributed by atoms with Crippen LogP contribution in [-0.2, 0) is 5.41 Å². The molecule has 16 heavy (non-hydrogen) atoms. The number of halogens is 2. The number of benzene rings is 1. The van der Waals surface area contributed by atoms with Crippen LogP contribution in [0.1, 0.15) is 25.1 Å². The second-order valence-corrected chi connectivity index (χ2v) is 4.25. The fourth-order valence-electron chi connectivity index (χ4n) is 1.67. The molecule has 2 rings (SSSR count). The van der Waals surface area contributed by atoms with Crippen molar-refractivity contribution in [3.8, 4) is 0 Å². The molecule has 0 atom stereocenters. The third kappa shape index (κ3) is 1.83. The average molecular weight is 222 g/mol. The van der Waals surface area contributed by atoms with Gasteiger partial charge in [-0.05, 0) is 23.8 Å². The van der Waals surface area contributed by atoms with E-state index in [9.17, 15) is 8.78 Å². The maximum Gasteiger partial charge on any atom is 0.126 e. The monoisotopic (exact) mass is 222 g/mol. The number of hydrogen-bond acceptors (Lipinski definition) is 1. The summed E-state index contributed by atoms with van der Waals surface area (Å²) >= 11 is 0. The first kappa shape index (κ1) is 10.8. The lowest BCUT2D eigenvalue weighted by Crippen LogP contribution is -2.20. The van der Waals surface area contributed by atoms with Crippen molar-refractivity contribution < 1.29 is 8.78 Å². The lowest BCUT2D eigenvalue weighted by molar-refractivity contribution is 0.555. The van der Waals surface area contributed by atoms with Crippen molar-refractivity contribution in [3.05, 3.63) is 53.4 Å². The van der Waals surface area contributed by atoms with Crippen molar-refractivity contribution in [2.75, 3.05) is 0 Å². The standard InChI is InChI=1S/C12H12F2N2/c1-12(2,11-3-4-15-16-11)8-5-9(13)7-10(14)6-8/h3-7H,1-2H3,(H,15,16). The van der Waals surface area contributed by atoms with Crippen molar-refractivity contribution >= 4 is 0 Å². The van der Waals surface area contributed by atoms with E-state index in [-0.39, 0.29) is 0 Å². The summed E-state index contributed by atoms with van der Waals surface area (Å²) < 4.78 is 26.3. The van der Waals surface area contributed by atoms with Crippen LogP contribution in [0.4, 0.5) is 8.78 Å². The third-order valence-electron chi connectivity index (χ3n) is 2.76. The van der Waals surface area contributed by atoms with Crippen LogP contribution >= 0.6 is 0 Å². The molecular formula is C12H12F2N2. The Morgan fingerprint density at radius 3 is 2.25 bits per heavy atom. The van der Waals surface area contributed by atoms with Crippen molar-refractivity contribution in [3.63, 3.8) is 0 Å². The second kappa shape index (κ2) is 3.70. The average Bonchev–Trinajstić information content (AvgIpc) is 2.69. The van der Waals surface area contributed by atoms with Gasteiger partial charge in [0.1, 0.15) is 11.6 Å². The summed E-state index contributed by atoms with van der Waals surface area (Å²) in [6, 6.07) is 5.34. The lowest BCUT2D eigenvalue weighted by Gasteiger charge is -2.23. The predicted octanol–water partition coefficient (Wildman–Crippen LogP) is 3.01. The van der Waals surface area contributed by atoms with Gasteiger partial charge in [-0.25, -0.2) is 8.78 Å². The molecule has 0 fully saturated rings. The minimum atomic E-state index is -0.567. The van der Waals surface area contributed by atoms with Gasteiger partial charge in [-0.1, -0.05) is 13.8 Å². The van der Waals surface area contributed by atoms with Crippen LogP contribution in [-0.4, -0.2) is 10.2 Å². The fourth-order valence-corrected chi connectivity index (χ4v) is 1.67. The molecule has 0 unspecified atom stereocenters. The molecule has 0 spiro atoms. The quantitative estimate of drug-likeness (QED) is 0.831. The maximum absolute atomic E-state index is 13.1. The number of H-pyrrole nitrogens is 1. The highest BCUT2D eigenvalue weighted by atomic mass is 19.1.